The molecular weight excluding hydrogens is 494 g/mol. The number of carbonyl (C=O) groups excluding carboxylic acids is 2. The summed E-state index contributed by atoms with van der Waals surface area (Å²) in [7, 11) is 0. The molecule has 0 radical (unpaired) electrons. The highest BCUT2D eigenvalue weighted by atomic mass is 79.9. The molecule has 1 atom stereocenters. The maximum absolute atomic E-state index is 13.6. The first kappa shape index (κ1) is 20.8. The first-order valence-corrected chi connectivity index (χ1v) is 10.5. The van der Waals surface area contributed by atoms with Crippen molar-refractivity contribution in [2.75, 3.05) is 11.9 Å². The Morgan fingerprint density at radius 3 is 2.53 bits per heavy atom. The minimum absolute atomic E-state index is 0.212. The molecule has 1 heterocycles. The number of nitrogens with one attached hydrogen (secondary N) is 1. The Hall–Kier alpha value is -2.41. The van der Waals surface area contributed by atoms with E-state index in [0.29, 0.717) is 26.3 Å². The van der Waals surface area contributed by atoms with Gasteiger partial charge in [0.25, 0.3) is 5.91 Å². The minimum atomic E-state index is -0.680. The van der Waals surface area contributed by atoms with Crippen LogP contribution in [-0.4, -0.2) is 23.3 Å². The lowest BCUT2D eigenvalue weighted by Gasteiger charge is -2.31. The molecule has 8 heteroatoms. The van der Waals surface area contributed by atoms with Crippen molar-refractivity contribution in [2.24, 2.45) is 0 Å². The fraction of sp³-hybridized carbons (Fsp3) is 0.0909. The smallest absolute Gasteiger partial charge is 0.256 e. The van der Waals surface area contributed by atoms with Crippen LogP contribution in [0.3, 0.4) is 0 Å². The van der Waals surface area contributed by atoms with Gasteiger partial charge >= 0.3 is 0 Å². The SMILES string of the molecule is O=C1CN(C(=O)c2cc(Br)ccc2Cl)[C@@H](c2ccc(F)cc2)c2cc(Cl)ccc2N1. The zero-order chi connectivity index (χ0) is 21.4. The third kappa shape index (κ3) is 4.08. The lowest BCUT2D eigenvalue weighted by Crippen LogP contribution is -2.39. The lowest BCUT2D eigenvalue weighted by atomic mass is 9.95. The van der Waals surface area contributed by atoms with Crippen LogP contribution in [0.25, 0.3) is 0 Å². The highest BCUT2D eigenvalue weighted by molar-refractivity contribution is 9.10. The van der Waals surface area contributed by atoms with Gasteiger partial charge in [0.15, 0.2) is 0 Å². The predicted octanol–water partition coefficient (Wildman–Crippen LogP) is 6.08. The van der Waals surface area contributed by atoms with Crippen LogP contribution in [0.2, 0.25) is 10.0 Å². The van der Waals surface area contributed by atoms with Crippen LogP contribution in [0.5, 0.6) is 0 Å². The van der Waals surface area contributed by atoms with E-state index in [0.717, 1.165) is 0 Å². The van der Waals surface area contributed by atoms with Crippen LogP contribution in [0.15, 0.2) is 65.1 Å². The van der Waals surface area contributed by atoms with E-state index in [1.807, 2.05) is 0 Å². The van der Waals surface area contributed by atoms with Crippen LogP contribution in [0, 0.1) is 5.82 Å². The molecule has 30 heavy (non-hydrogen) atoms. The summed E-state index contributed by atoms with van der Waals surface area (Å²) in [6.45, 7) is -0.212. The number of amides is 2. The molecule has 3 aromatic carbocycles. The fourth-order valence-electron chi connectivity index (χ4n) is 3.49. The first-order valence-electron chi connectivity index (χ1n) is 8.94. The number of halogens is 4. The van der Waals surface area contributed by atoms with Gasteiger partial charge in [-0.2, -0.15) is 0 Å². The molecule has 0 bridgehead atoms. The average molecular weight is 508 g/mol. The van der Waals surface area contributed by atoms with E-state index in [4.69, 9.17) is 23.2 Å². The predicted molar refractivity (Wildman–Crippen MR) is 119 cm³/mol. The summed E-state index contributed by atoms with van der Waals surface area (Å²) in [5, 5.41) is 3.53. The van der Waals surface area contributed by atoms with Crippen molar-refractivity contribution in [3.8, 4) is 0 Å². The Morgan fingerprint density at radius 2 is 1.80 bits per heavy atom. The first-order chi connectivity index (χ1) is 14.3. The molecule has 0 aromatic heterocycles. The molecule has 4 rings (SSSR count). The molecule has 1 aliphatic rings. The van der Waals surface area contributed by atoms with Crippen molar-refractivity contribution in [2.45, 2.75) is 6.04 Å². The highest BCUT2D eigenvalue weighted by Crippen LogP contribution is 2.38. The summed E-state index contributed by atoms with van der Waals surface area (Å²) in [4.78, 5) is 27.6. The summed E-state index contributed by atoms with van der Waals surface area (Å²) in [6, 6.07) is 15.1. The second-order valence-corrected chi connectivity index (χ2v) is 8.55. The molecule has 0 spiro atoms. The number of hydrogen-bond acceptors (Lipinski definition) is 2. The topological polar surface area (TPSA) is 49.4 Å². The molecule has 4 nitrogen and oxygen atoms in total. The van der Waals surface area contributed by atoms with E-state index in [1.54, 1.807) is 48.5 Å². The number of nitrogens with zero attached hydrogens (tertiary/aromatic N) is 1. The summed E-state index contributed by atoms with van der Waals surface area (Å²) in [5.41, 5.74) is 2.04. The molecule has 0 unspecified atom stereocenters. The molecule has 0 saturated carbocycles. The van der Waals surface area contributed by atoms with E-state index in [2.05, 4.69) is 21.2 Å². The maximum atomic E-state index is 13.6. The maximum Gasteiger partial charge on any atom is 0.256 e. The van der Waals surface area contributed by atoms with Gasteiger partial charge in [-0.1, -0.05) is 51.3 Å². The number of hydrogen-bond donors (Lipinski definition) is 1. The van der Waals surface area contributed by atoms with Crippen molar-refractivity contribution in [1.29, 1.82) is 0 Å². The Labute approximate surface area is 190 Å². The van der Waals surface area contributed by atoms with E-state index >= 15 is 0 Å². The summed E-state index contributed by atoms with van der Waals surface area (Å²) < 4.78 is 14.3. The quantitative estimate of drug-likeness (QED) is 0.457. The number of anilines is 1. The molecule has 152 valence electrons. The lowest BCUT2D eigenvalue weighted by molar-refractivity contribution is -0.117. The normalized spacial score (nSPS) is 15.9. The van der Waals surface area contributed by atoms with Crippen LogP contribution in [0.1, 0.15) is 27.5 Å². The Kier molecular flexibility index (Phi) is 5.82. The number of benzene rings is 3. The standard InChI is InChI=1S/C22H14BrCl2FN2O2/c23-13-3-7-18(25)16(9-13)22(30)28-11-20(29)27-19-8-4-14(24)10-17(19)21(28)12-1-5-15(26)6-2-12/h1-10,21H,11H2,(H,27,29)/t21-/m0/s1. The van der Waals surface area contributed by atoms with Gasteiger partial charge in [0, 0.05) is 20.7 Å². The van der Waals surface area contributed by atoms with Crippen molar-refractivity contribution >= 4 is 56.6 Å². The van der Waals surface area contributed by atoms with Crippen LogP contribution >= 0.6 is 39.1 Å². The van der Waals surface area contributed by atoms with E-state index in [9.17, 15) is 14.0 Å². The average Bonchev–Trinajstić information content (AvgIpc) is 2.85. The van der Waals surface area contributed by atoms with Crippen molar-refractivity contribution in [3.63, 3.8) is 0 Å². The van der Waals surface area contributed by atoms with Gasteiger partial charge in [0.1, 0.15) is 12.4 Å². The van der Waals surface area contributed by atoms with Crippen LogP contribution < -0.4 is 5.32 Å². The summed E-state index contributed by atoms with van der Waals surface area (Å²) in [5.74, 6) is -1.19. The van der Waals surface area contributed by atoms with E-state index < -0.39 is 17.8 Å². The zero-order valence-electron chi connectivity index (χ0n) is 15.3. The third-order valence-electron chi connectivity index (χ3n) is 4.81. The van der Waals surface area contributed by atoms with Gasteiger partial charge in [-0.05, 0) is 54.1 Å². The molecular formula is C22H14BrCl2FN2O2. The number of fused-ring (bicyclic) bond motifs is 1. The van der Waals surface area contributed by atoms with E-state index in [-0.39, 0.29) is 23.0 Å². The third-order valence-corrected chi connectivity index (χ3v) is 5.87. The largest absolute Gasteiger partial charge is 0.324 e. The second kappa shape index (κ2) is 8.38. The van der Waals surface area contributed by atoms with Gasteiger partial charge < -0.3 is 10.2 Å². The van der Waals surface area contributed by atoms with Gasteiger partial charge in [-0.25, -0.2) is 4.39 Å². The van der Waals surface area contributed by atoms with Crippen molar-refractivity contribution < 1.29 is 14.0 Å². The Bertz CT molecular complexity index is 1150. The van der Waals surface area contributed by atoms with Crippen LogP contribution in [0.4, 0.5) is 10.1 Å². The minimum Gasteiger partial charge on any atom is -0.324 e. The molecule has 1 N–H and O–H groups in total. The van der Waals surface area contributed by atoms with E-state index in [1.165, 1.54) is 17.0 Å². The molecule has 0 saturated heterocycles. The summed E-state index contributed by atoms with van der Waals surface area (Å²) >= 11 is 15.9. The Balaban J connectivity index is 1.92. The number of carbonyl (C=O) groups is 2. The highest BCUT2D eigenvalue weighted by Gasteiger charge is 2.34. The fourth-order valence-corrected chi connectivity index (χ4v) is 4.23. The van der Waals surface area contributed by atoms with Gasteiger partial charge in [-0.3, -0.25) is 9.59 Å². The van der Waals surface area contributed by atoms with Gasteiger partial charge in [0.05, 0.1) is 16.6 Å². The molecule has 2 amide bonds. The van der Waals surface area contributed by atoms with Gasteiger partial charge in [-0.15, -0.1) is 0 Å². The van der Waals surface area contributed by atoms with Crippen molar-refractivity contribution in [3.05, 3.63) is 97.7 Å². The Morgan fingerprint density at radius 1 is 1.07 bits per heavy atom. The molecule has 3 aromatic rings. The number of rotatable bonds is 2. The van der Waals surface area contributed by atoms with Crippen molar-refractivity contribution in [1.82, 2.24) is 4.90 Å². The monoisotopic (exact) mass is 506 g/mol. The van der Waals surface area contributed by atoms with Crippen LogP contribution in [-0.2, 0) is 4.79 Å². The molecule has 0 fully saturated rings. The zero-order valence-corrected chi connectivity index (χ0v) is 18.4. The summed E-state index contributed by atoms with van der Waals surface area (Å²) in [6.07, 6.45) is 0. The molecule has 0 aliphatic carbocycles. The van der Waals surface area contributed by atoms with Gasteiger partial charge in [0.2, 0.25) is 5.91 Å². The second-order valence-electron chi connectivity index (χ2n) is 6.79. The molecule has 1 aliphatic heterocycles.